The van der Waals surface area contributed by atoms with Gasteiger partial charge < -0.3 is 15.5 Å². The van der Waals surface area contributed by atoms with Crippen LogP contribution in [0.15, 0.2) is 91.1 Å². The van der Waals surface area contributed by atoms with Crippen molar-refractivity contribution in [3.05, 3.63) is 113 Å². The van der Waals surface area contributed by atoms with E-state index < -0.39 is 0 Å². The van der Waals surface area contributed by atoms with E-state index in [-0.39, 0.29) is 11.8 Å². The zero-order valence-electron chi connectivity index (χ0n) is 21.2. The molecule has 37 heavy (non-hydrogen) atoms. The van der Waals surface area contributed by atoms with Gasteiger partial charge in [-0.2, -0.15) is 4.98 Å². The Labute approximate surface area is 218 Å². The highest BCUT2D eigenvalue weighted by Gasteiger charge is 2.26. The molecule has 2 heterocycles. The standard InChI is InChI=1S/C31H33N5O/c1-23-12-14-25(15-13-23)21-33-30(37)27-10-6-18-36(22-27)29-16-17-32-31(35-29)34-28-11-5-9-26(20-28)19-24-7-3-2-4-8-24/h2-5,7-9,11-17,20,27H,6,10,18-19,21-22H2,1H3,(H,33,37)(H,32,34,35). The molecule has 0 spiro atoms. The molecule has 1 aliphatic heterocycles. The summed E-state index contributed by atoms with van der Waals surface area (Å²) >= 11 is 0. The molecule has 4 aromatic rings. The molecule has 0 saturated carbocycles. The van der Waals surface area contributed by atoms with Crippen LogP contribution in [0.1, 0.15) is 35.1 Å². The van der Waals surface area contributed by atoms with Crippen molar-refractivity contribution < 1.29 is 4.79 Å². The summed E-state index contributed by atoms with van der Waals surface area (Å²) in [6.45, 7) is 4.16. The fourth-order valence-electron chi connectivity index (χ4n) is 4.74. The summed E-state index contributed by atoms with van der Waals surface area (Å²) in [4.78, 5) is 24.3. The van der Waals surface area contributed by atoms with E-state index >= 15 is 0 Å². The number of hydrogen-bond acceptors (Lipinski definition) is 5. The van der Waals surface area contributed by atoms with Crippen LogP contribution >= 0.6 is 0 Å². The van der Waals surface area contributed by atoms with Gasteiger partial charge in [0, 0.05) is 31.5 Å². The highest BCUT2D eigenvalue weighted by Crippen LogP contribution is 2.24. The first-order chi connectivity index (χ1) is 18.1. The average Bonchev–Trinajstić information content (AvgIpc) is 2.93. The van der Waals surface area contributed by atoms with Gasteiger partial charge in [0.2, 0.25) is 11.9 Å². The first-order valence-corrected chi connectivity index (χ1v) is 12.9. The Kier molecular flexibility index (Phi) is 7.75. The van der Waals surface area contributed by atoms with Crippen LogP contribution < -0.4 is 15.5 Å². The molecule has 2 N–H and O–H groups in total. The van der Waals surface area contributed by atoms with Crippen molar-refractivity contribution in [3.8, 4) is 0 Å². The van der Waals surface area contributed by atoms with Crippen molar-refractivity contribution in [3.63, 3.8) is 0 Å². The van der Waals surface area contributed by atoms with Crippen molar-refractivity contribution in [1.29, 1.82) is 0 Å². The molecule has 188 valence electrons. The Morgan fingerprint density at radius 3 is 2.59 bits per heavy atom. The fraction of sp³-hybridized carbons (Fsp3) is 0.258. The largest absolute Gasteiger partial charge is 0.356 e. The van der Waals surface area contributed by atoms with Crippen molar-refractivity contribution in [1.82, 2.24) is 15.3 Å². The van der Waals surface area contributed by atoms with Gasteiger partial charge in [0.15, 0.2) is 0 Å². The van der Waals surface area contributed by atoms with E-state index in [0.29, 0.717) is 19.0 Å². The Bertz CT molecular complexity index is 1320. The van der Waals surface area contributed by atoms with Crippen molar-refractivity contribution in [2.24, 2.45) is 5.92 Å². The summed E-state index contributed by atoms with van der Waals surface area (Å²) in [7, 11) is 0. The van der Waals surface area contributed by atoms with Gasteiger partial charge in [-0.25, -0.2) is 4.98 Å². The number of aromatic nitrogens is 2. The molecule has 0 bridgehead atoms. The molecular weight excluding hydrogens is 458 g/mol. The van der Waals surface area contributed by atoms with Crippen LogP contribution in [0.25, 0.3) is 0 Å². The van der Waals surface area contributed by atoms with E-state index in [1.807, 2.05) is 18.2 Å². The summed E-state index contributed by atoms with van der Waals surface area (Å²) < 4.78 is 0. The van der Waals surface area contributed by atoms with Gasteiger partial charge in [-0.3, -0.25) is 4.79 Å². The number of aryl methyl sites for hydroxylation is 1. The lowest BCUT2D eigenvalue weighted by molar-refractivity contribution is -0.125. The quantitative estimate of drug-likeness (QED) is 0.333. The molecule has 1 saturated heterocycles. The predicted octanol–water partition coefficient (Wildman–Crippen LogP) is 5.65. The third-order valence-corrected chi connectivity index (χ3v) is 6.78. The maximum absolute atomic E-state index is 12.9. The molecule has 1 aliphatic rings. The molecule has 1 unspecified atom stereocenters. The Balaban J connectivity index is 1.20. The topological polar surface area (TPSA) is 70.2 Å². The van der Waals surface area contributed by atoms with E-state index in [2.05, 4.69) is 94.2 Å². The molecule has 5 rings (SSSR count). The van der Waals surface area contributed by atoms with E-state index in [4.69, 9.17) is 4.98 Å². The van der Waals surface area contributed by atoms with E-state index in [9.17, 15) is 4.79 Å². The Morgan fingerprint density at radius 1 is 0.946 bits per heavy atom. The predicted molar refractivity (Wildman–Crippen MR) is 149 cm³/mol. The molecular formula is C31H33N5O. The molecule has 1 aromatic heterocycles. The minimum Gasteiger partial charge on any atom is -0.356 e. The highest BCUT2D eigenvalue weighted by molar-refractivity contribution is 5.79. The summed E-state index contributed by atoms with van der Waals surface area (Å²) in [6, 6.07) is 29.0. The summed E-state index contributed by atoms with van der Waals surface area (Å²) in [6.07, 6.45) is 4.50. The number of rotatable bonds is 8. The normalized spacial score (nSPS) is 15.3. The summed E-state index contributed by atoms with van der Waals surface area (Å²) in [5.74, 6) is 1.45. The number of amides is 1. The van der Waals surface area contributed by atoms with Gasteiger partial charge in [-0.05, 0) is 61.1 Å². The van der Waals surface area contributed by atoms with E-state index in [1.54, 1.807) is 6.20 Å². The van der Waals surface area contributed by atoms with Gasteiger partial charge in [0.05, 0.1) is 5.92 Å². The SMILES string of the molecule is Cc1ccc(CNC(=O)C2CCCN(c3ccnc(Nc4cccc(Cc5ccccc5)c4)n3)C2)cc1. The zero-order chi connectivity index (χ0) is 25.5. The van der Waals surface area contributed by atoms with Crippen molar-refractivity contribution in [2.45, 2.75) is 32.7 Å². The summed E-state index contributed by atoms with van der Waals surface area (Å²) in [5, 5.41) is 6.47. The number of anilines is 3. The van der Waals surface area contributed by atoms with Crippen LogP contribution in [0.5, 0.6) is 0 Å². The van der Waals surface area contributed by atoms with Crippen LogP contribution in [0.3, 0.4) is 0 Å². The number of nitrogens with one attached hydrogen (secondary N) is 2. The van der Waals surface area contributed by atoms with Crippen LogP contribution in [0, 0.1) is 12.8 Å². The zero-order valence-corrected chi connectivity index (χ0v) is 21.2. The molecule has 1 fully saturated rings. The van der Waals surface area contributed by atoms with Gasteiger partial charge in [0.25, 0.3) is 0 Å². The highest BCUT2D eigenvalue weighted by atomic mass is 16.1. The summed E-state index contributed by atoms with van der Waals surface area (Å²) in [5.41, 5.74) is 5.79. The smallest absolute Gasteiger partial charge is 0.229 e. The van der Waals surface area contributed by atoms with Crippen LogP contribution in [0.4, 0.5) is 17.5 Å². The number of carbonyl (C=O) groups is 1. The third kappa shape index (κ3) is 6.73. The monoisotopic (exact) mass is 491 g/mol. The minimum atomic E-state index is -0.0553. The van der Waals surface area contributed by atoms with Gasteiger partial charge >= 0.3 is 0 Å². The maximum atomic E-state index is 12.9. The molecule has 0 radical (unpaired) electrons. The van der Waals surface area contributed by atoms with Gasteiger partial charge in [0.1, 0.15) is 5.82 Å². The second kappa shape index (κ2) is 11.7. The number of nitrogens with zero attached hydrogens (tertiary/aromatic N) is 3. The fourth-order valence-corrected chi connectivity index (χ4v) is 4.74. The molecule has 1 atom stereocenters. The Morgan fingerprint density at radius 2 is 1.76 bits per heavy atom. The van der Waals surface area contributed by atoms with Crippen LogP contribution in [-0.2, 0) is 17.8 Å². The number of carbonyl (C=O) groups excluding carboxylic acids is 1. The molecule has 6 nitrogen and oxygen atoms in total. The van der Waals surface area contributed by atoms with E-state index in [0.717, 1.165) is 42.9 Å². The third-order valence-electron chi connectivity index (χ3n) is 6.78. The maximum Gasteiger partial charge on any atom is 0.229 e. The second-order valence-electron chi connectivity index (χ2n) is 9.71. The molecule has 0 aliphatic carbocycles. The minimum absolute atomic E-state index is 0.0553. The Hall–Kier alpha value is -4.19. The second-order valence-corrected chi connectivity index (χ2v) is 9.71. The molecule has 3 aromatic carbocycles. The van der Waals surface area contributed by atoms with Gasteiger partial charge in [-0.1, -0.05) is 72.3 Å². The van der Waals surface area contributed by atoms with Crippen LogP contribution in [-0.4, -0.2) is 29.0 Å². The lowest BCUT2D eigenvalue weighted by Gasteiger charge is -2.33. The van der Waals surface area contributed by atoms with Gasteiger partial charge in [-0.15, -0.1) is 0 Å². The van der Waals surface area contributed by atoms with E-state index in [1.165, 1.54) is 16.7 Å². The number of benzene rings is 3. The number of piperidine rings is 1. The first kappa shape index (κ1) is 24.5. The van der Waals surface area contributed by atoms with Crippen LogP contribution in [0.2, 0.25) is 0 Å². The average molecular weight is 492 g/mol. The molecule has 1 amide bonds. The first-order valence-electron chi connectivity index (χ1n) is 12.9. The van der Waals surface area contributed by atoms with Crippen molar-refractivity contribution in [2.75, 3.05) is 23.3 Å². The molecule has 6 heteroatoms. The lowest BCUT2D eigenvalue weighted by Crippen LogP contribution is -2.43. The van der Waals surface area contributed by atoms with Crippen molar-refractivity contribution >= 4 is 23.4 Å². The number of hydrogen-bond donors (Lipinski definition) is 2. The lowest BCUT2D eigenvalue weighted by atomic mass is 9.97.